The third kappa shape index (κ3) is 4.17. The Kier molecular flexibility index (Phi) is 5.56. The fourth-order valence-electron chi connectivity index (χ4n) is 2.18. The number of hydrogen-bond acceptors (Lipinski definition) is 4. The molecule has 0 unspecified atom stereocenters. The van der Waals surface area contributed by atoms with Crippen LogP contribution in [-0.4, -0.2) is 23.1 Å². The largest absolute Gasteiger partial charge is 0.372 e. The van der Waals surface area contributed by atoms with Crippen molar-refractivity contribution in [1.29, 1.82) is 0 Å². The van der Waals surface area contributed by atoms with Gasteiger partial charge in [0, 0.05) is 37.0 Å². The summed E-state index contributed by atoms with van der Waals surface area (Å²) in [6.45, 7) is 8.41. The maximum absolute atomic E-state index is 4.47. The van der Waals surface area contributed by atoms with Gasteiger partial charge in [-0.1, -0.05) is 6.92 Å². The molecule has 1 heterocycles. The van der Waals surface area contributed by atoms with Gasteiger partial charge >= 0.3 is 0 Å². The van der Waals surface area contributed by atoms with Gasteiger partial charge in [-0.05, 0) is 54.0 Å². The number of anilines is 3. The van der Waals surface area contributed by atoms with Gasteiger partial charge in [-0.2, -0.15) is 0 Å². The van der Waals surface area contributed by atoms with Crippen molar-refractivity contribution in [3.05, 3.63) is 40.8 Å². The minimum Gasteiger partial charge on any atom is -0.372 e. The molecule has 21 heavy (non-hydrogen) atoms. The van der Waals surface area contributed by atoms with E-state index in [-0.39, 0.29) is 0 Å². The molecule has 1 aromatic carbocycles. The molecule has 0 aliphatic rings. The average molecular weight is 349 g/mol. The number of halogens is 1. The lowest BCUT2D eigenvalue weighted by Gasteiger charge is -2.21. The predicted molar refractivity (Wildman–Crippen MR) is 92.4 cm³/mol. The van der Waals surface area contributed by atoms with E-state index in [0.29, 0.717) is 0 Å². The van der Waals surface area contributed by atoms with Crippen molar-refractivity contribution in [2.45, 2.75) is 27.2 Å². The number of rotatable bonds is 6. The minimum atomic E-state index is 0.802. The molecule has 0 aliphatic heterocycles. The van der Waals surface area contributed by atoms with E-state index in [1.54, 1.807) is 0 Å². The van der Waals surface area contributed by atoms with Crippen LogP contribution >= 0.6 is 15.9 Å². The van der Waals surface area contributed by atoms with Gasteiger partial charge in [0.05, 0.1) is 0 Å². The van der Waals surface area contributed by atoms with Gasteiger partial charge in [0.1, 0.15) is 16.2 Å². The Bertz CT molecular complexity index is 579. The molecule has 0 radical (unpaired) electrons. The SMILES string of the molecule is CCc1nc(Br)cc(Nc2ccc(N(CC)CC)cc2)n1. The number of benzene rings is 1. The Morgan fingerprint density at radius 3 is 2.29 bits per heavy atom. The molecular weight excluding hydrogens is 328 g/mol. The summed E-state index contributed by atoms with van der Waals surface area (Å²) in [5.41, 5.74) is 2.27. The van der Waals surface area contributed by atoms with Crippen molar-refractivity contribution in [3.8, 4) is 0 Å². The second-order valence-corrected chi connectivity index (χ2v) is 5.50. The molecule has 112 valence electrons. The lowest BCUT2D eigenvalue weighted by Crippen LogP contribution is -2.21. The summed E-state index contributed by atoms with van der Waals surface area (Å²) in [4.78, 5) is 11.1. The van der Waals surface area contributed by atoms with E-state index in [4.69, 9.17) is 0 Å². The molecule has 4 nitrogen and oxygen atoms in total. The quantitative estimate of drug-likeness (QED) is 0.786. The first-order valence-corrected chi connectivity index (χ1v) is 8.11. The van der Waals surface area contributed by atoms with E-state index in [1.165, 1.54) is 5.69 Å². The highest BCUT2D eigenvalue weighted by Crippen LogP contribution is 2.21. The lowest BCUT2D eigenvalue weighted by molar-refractivity contribution is 0.866. The smallest absolute Gasteiger partial charge is 0.135 e. The molecule has 0 saturated heterocycles. The Morgan fingerprint density at radius 2 is 1.71 bits per heavy atom. The lowest BCUT2D eigenvalue weighted by atomic mass is 10.2. The van der Waals surface area contributed by atoms with E-state index in [0.717, 1.165) is 41.4 Å². The number of aromatic nitrogens is 2. The minimum absolute atomic E-state index is 0.802. The third-order valence-corrected chi connectivity index (χ3v) is 3.73. The fourth-order valence-corrected chi connectivity index (χ4v) is 2.60. The number of aryl methyl sites for hydroxylation is 1. The normalized spacial score (nSPS) is 10.5. The van der Waals surface area contributed by atoms with Crippen molar-refractivity contribution < 1.29 is 0 Å². The Balaban J connectivity index is 2.15. The Morgan fingerprint density at radius 1 is 1.05 bits per heavy atom. The standard InChI is InChI=1S/C16H21BrN4/c1-4-15-19-14(17)11-16(20-15)18-12-7-9-13(10-8-12)21(5-2)6-3/h7-11H,4-6H2,1-3H3,(H,18,19,20). The van der Waals surface area contributed by atoms with E-state index < -0.39 is 0 Å². The molecule has 2 aromatic rings. The second kappa shape index (κ2) is 7.41. The maximum atomic E-state index is 4.47. The van der Waals surface area contributed by atoms with Crippen LogP contribution in [0.3, 0.4) is 0 Å². The summed E-state index contributed by atoms with van der Waals surface area (Å²) in [5.74, 6) is 1.64. The molecule has 0 spiro atoms. The third-order valence-electron chi connectivity index (χ3n) is 3.33. The monoisotopic (exact) mass is 348 g/mol. The topological polar surface area (TPSA) is 41.1 Å². The van der Waals surface area contributed by atoms with Crippen LogP contribution in [0.15, 0.2) is 34.9 Å². The summed E-state index contributed by atoms with van der Waals surface area (Å²) in [7, 11) is 0. The maximum Gasteiger partial charge on any atom is 0.135 e. The van der Waals surface area contributed by atoms with Crippen LogP contribution in [0.25, 0.3) is 0 Å². The summed E-state index contributed by atoms with van der Waals surface area (Å²) in [5, 5.41) is 3.32. The highest BCUT2D eigenvalue weighted by Gasteiger charge is 2.04. The first-order chi connectivity index (χ1) is 10.2. The molecule has 1 N–H and O–H groups in total. The Hall–Kier alpha value is -1.62. The second-order valence-electron chi connectivity index (χ2n) is 4.69. The zero-order chi connectivity index (χ0) is 15.2. The van der Waals surface area contributed by atoms with Crippen molar-refractivity contribution >= 4 is 33.1 Å². The zero-order valence-corrected chi connectivity index (χ0v) is 14.3. The van der Waals surface area contributed by atoms with Crippen molar-refractivity contribution in [2.75, 3.05) is 23.3 Å². The molecule has 0 aliphatic carbocycles. The molecule has 2 rings (SSSR count). The molecule has 0 saturated carbocycles. The summed E-state index contributed by atoms with van der Waals surface area (Å²) in [6.07, 6.45) is 0.815. The zero-order valence-electron chi connectivity index (χ0n) is 12.7. The summed E-state index contributed by atoms with van der Waals surface area (Å²) >= 11 is 3.42. The van der Waals surface area contributed by atoms with Gasteiger partial charge in [0.15, 0.2) is 0 Å². The molecule has 0 atom stereocenters. The van der Waals surface area contributed by atoms with E-state index in [1.807, 2.05) is 13.0 Å². The van der Waals surface area contributed by atoms with Crippen LogP contribution < -0.4 is 10.2 Å². The molecule has 5 heteroatoms. The molecule has 0 fully saturated rings. The van der Waals surface area contributed by atoms with Crippen molar-refractivity contribution in [3.63, 3.8) is 0 Å². The van der Waals surface area contributed by atoms with Crippen LogP contribution in [0, 0.1) is 0 Å². The van der Waals surface area contributed by atoms with Gasteiger partial charge in [-0.3, -0.25) is 0 Å². The average Bonchev–Trinajstić information content (AvgIpc) is 2.49. The highest BCUT2D eigenvalue weighted by atomic mass is 79.9. The summed E-state index contributed by atoms with van der Waals surface area (Å²) in [6, 6.07) is 10.3. The van der Waals surface area contributed by atoms with E-state index >= 15 is 0 Å². The van der Waals surface area contributed by atoms with Crippen LogP contribution in [-0.2, 0) is 6.42 Å². The van der Waals surface area contributed by atoms with Crippen molar-refractivity contribution in [2.24, 2.45) is 0 Å². The van der Waals surface area contributed by atoms with Crippen LogP contribution in [0.2, 0.25) is 0 Å². The number of nitrogens with one attached hydrogen (secondary N) is 1. The molecule has 1 aromatic heterocycles. The van der Waals surface area contributed by atoms with Gasteiger partial charge in [-0.25, -0.2) is 9.97 Å². The molecule has 0 amide bonds. The van der Waals surface area contributed by atoms with Crippen molar-refractivity contribution in [1.82, 2.24) is 9.97 Å². The van der Waals surface area contributed by atoms with Gasteiger partial charge < -0.3 is 10.2 Å². The molecular formula is C16H21BrN4. The predicted octanol–water partition coefficient (Wildman–Crippen LogP) is 4.39. The van der Waals surface area contributed by atoms with E-state index in [2.05, 4.69) is 74.2 Å². The Labute approximate surface area is 134 Å². The fraction of sp³-hybridized carbons (Fsp3) is 0.375. The summed E-state index contributed by atoms with van der Waals surface area (Å²) < 4.78 is 0.802. The first kappa shape index (κ1) is 15.8. The van der Waals surface area contributed by atoms with Crippen LogP contribution in [0.1, 0.15) is 26.6 Å². The first-order valence-electron chi connectivity index (χ1n) is 7.31. The van der Waals surface area contributed by atoms with Gasteiger partial charge in [0.2, 0.25) is 0 Å². The van der Waals surface area contributed by atoms with Crippen LogP contribution in [0.5, 0.6) is 0 Å². The van der Waals surface area contributed by atoms with Gasteiger partial charge in [-0.15, -0.1) is 0 Å². The highest BCUT2D eigenvalue weighted by molar-refractivity contribution is 9.10. The number of hydrogen-bond donors (Lipinski definition) is 1. The number of nitrogens with zero attached hydrogens (tertiary/aromatic N) is 3. The molecule has 0 bridgehead atoms. The van der Waals surface area contributed by atoms with Crippen LogP contribution in [0.4, 0.5) is 17.2 Å². The van der Waals surface area contributed by atoms with Gasteiger partial charge in [0.25, 0.3) is 0 Å². The van der Waals surface area contributed by atoms with E-state index in [9.17, 15) is 0 Å².